The number of hydrogen-bond donors (Lipinski definition) is 1. The Labute approximate surface area is 189 Å². The van der Waals surface area contributed by atoms with E-state index in [-0.39, 0.29) is 0 Å². The van der Waals surface area contributed by atoms with Crippen LogP contribution in [0.5, 0.6) is 5.75 Å². The second kappa shape index (κ2) is 10.3. The van der Waals surface area contributed by atoms with Gasteiger partial charge in [0.1, 0.15) is 11.8 Å². The minimum atomic E-state index is -3.72. The molecule has 1 N–H and O–H groups in total. The summed E-state index contributed by atoms with van der Waals surface area (Å²) in [4.78, 5) is 13.3. The summed E-state index contributed by atoms with van der Waals surface area (Å²) >= 11 is 0. The van der Waals surface area contributed by atoms with Crippen molar-refractivity contribution in [3.8, 4) is 5.75 Å². The summed E-state index contributed by atoms with van der Waals surface area (Å²) in [5.74, 6) is 0.233. The summed E-state index contributed by atoms with van der Waals surface area (Å²) in [5.41, 5.74) is 2.21. The van der Waals surface area contributed by atoms with E-state index < -0.39 is 28.0 Å². The molecule has 0 spiro atoms. The smallest absolute Gasteiger partial charge is 0.244 e. The summed E-state index contributed by atoms with van der Waals surface area (Å²) in [6.07, 6.45) is 1.10. The second-order valence-electron chi connectivity index (χ2n) is 7.42. The fourth-order valence-electron chi connectivity index (χ4n) is 3.58. The van der Waals surface area contributed by atoms with Gasteiger partial charge in [-0.25, -0.2) is 8.42 Å². The van der Waals surface area contributed by atoms with Crippen molar-refractivity contribution < 1.29 is 17.9 Å². The molecule has 0 saturated carbocycles. The highest BCUT2D eigenvalue weighted by Crippen LogP contribution is 2.26. The van der Waals surface area contributed by atoms with Gasteiger partial charge >= 0.3 is 0 Å². The Morgan fingerprint density at radius 1 is 0.906 bits per heavy atom. The molecule has 0 saturated heterocycles. The third kappa shape index (κ3) is 5.68. The molecular weight excluding hydrogens is 424 g/mol. The van der Waals surface area contributed by atoms with Crippen LogP contribution in [0.25, 0.3) is 0 Å². The van der Waals surface area contributed by atoms with Crippen LogP contribution in [0.2, 0.25) is 0 Å². The van der Waals surface area contributed by atoms with Gasteiger partial charge in [0, 0.05) is 0 Å². The molecule has 3 aromatic carbocycles. The van der Waals surface area contributed by atoms with Crippen LogP contribution >= 0.6 is 0 Å². The first-order valence-corrected chi connectivity index (χ1v) is 12.3. The molecule has 1 amide bonds. The van der Waals surface area contributed by atoms with E-state index in [1.165, 1.54) is 0 Å². The van der Waals surface area contributed by atoms with Crippen molar-refractivity contribution in [2.75, 3.05) is 17.2 Å². The lowest BCUT2D eigenvalue weighted by Crippen LogP contribution is -2.48. The largest absolute Gasteiger partial charge is 0.494 e. The molecule has 6 nitrogen and oxygen atoms in total. The van der Waals surface area contributed by atoms with Crippen LogP contribution in [-0.4, -0.2) is 33.2 Å². The van der Waals surface area contributed by atoms with E-state index in [9.17, 15) is 13.2 Å². The third-order valence-corrected chi connectivity index (χ3v) is 6.28. The predicted octanol–water partition coefficient (Wildman–Crippen LogP) is 4.15. The van der Waals surface area contributed by atoms with Gasteiger partial charge in [0.2, 0.25) is 15.9 Å². The van der Waals surface area contributed by atoms with Gasteiger partial charge in [-0.1, -0.05) is 60.7 Å². The maximum Gasteiger partial charge on any atom is 0.244 e. The predicted molar refractivity (Wildman–Crippen MR) is 127 cm³/mol. The molecule has 3 rings (SSSR count). The molecule has 0 aliphatic rings. The number of sulfonamides is 1. The second-order valence-corrected chi connectivity index (χ2v) is 9.28. The fourth-order valence-corrected chi connectivity index (χ4v) is 4.75. The Hall–Kier alpha value is -3.32. The maximum atomic E-state index is 13.3. The van der Waals surface area contributed by atoms with E-state index in [0.29, 0.717) is 18.0 Å². The average molecular weight is 453 g/mol. The molecule has 32 heavy (non-hydrogen) atoms. The van der Waals surface area contributed by atoms with Crippen molar-refractivity contribution in [3.63, 3.8) is 0 Å². The van der Waals surface area contributed by atoms with Crippen molar-refractivity contribution in [2.45, 2.75) is 25.9 Å². The Morgan fingerprint density at radius 2 is 1.41 bits per heavy atom. The molecule has 0 fully saturated rings. The molecule has 7 heteroatoms. The number of carbonyl (C=O) groups excluding carboxylic acids is 1. The molecule has 0 bridgehead atoms. The zero-order chi connectivity index (χ0) is 23.1. The highest BCUT2D eigenvalue weighted by Gasteiger charge is 2.31. The SMILES string of the molecule is CCOc1ccc(N([C@H](C)C(=O)NC(c2ccccc2)c2ccccc2)S(C)(=O)=O)cc1. The summed E-state index contributed by atoms with van der Waals surface area (Å²) in [6, 6.07) is 24.5. The first-order chi connectivity index (χ1) is 15.3. The number of hydrogen-bond acceptors (Lipinski definition) is 4. The van der Waals surface area contributed by atoms with E-state index in [2.05, 4.69) is 5.32 Å². The van der Waals surface area contributed by atoms with Crippen LogP contribution in [0, 0.1) is 0 Å². The van der Waals surface area contributed by atoms with E-state index in [4.69, 9.17) is 4.74 Å². The van der Waals surface area contributed by atoms with Gasteiger partial charge in [-0.15, -0.1) is 0 Å². The number of rotatable bonds is 9. The van der Waals surface area contributed by atoms with Crippen LogP contribution in [0.3, 0.4) is 0 Å². The topological polar surface area (TPSA) is 75.7 Å². The van der Waals surface area contributed by atoms with Gasteiger partial charge in [-0.05, 0) is 49.2 Å². The molecule has 0 heterocycles. The van der Waals surface area contributed by atoms with E-state index >= 15 is 0 Å². The van der Waals surface area contributed by atoms with Gasteiger partial charge in [-0.3, -0.25) is 9.10 Å². The van der Waals surface area contributed by atoms with Gasteiger partial charge in [-0.2, -0.15) is 0 Å². The van der Waals surface area contributed by atoms with Crippen molar-refractivity contribution in [3.05, 3.63) is 96.1 Å². The van der Waals surface area contributed by atoms with Crippen LogP contribution in [0.4, 0.5) is 5.69 Å². The third-order valence-electron chi connectivity index (χ3n) is 5.04. The lowest BCUT2D eigenvalue weighted by Gasteiger charge is -2.30. The molecule has 0 radical (unpaired) electrons. The summed E-state index contributed by atoms with van der Waals surface area (Å²) in [7, 11) is -3.72. The van der Waals surface area contributed by atoms with Crippen molar-refractivity contribution >= 4 is 21.6 Å². The lowest BCUT2D eigenvalue weighted by atomic mass is 9.98. The molecule has 0 unspecified atom stereocenters. The molecule has 3 aromatic rings. The van der Waals surface area contributed by atoms with Gasteiger partial charge in [0.05, 0.1) is 24.6 Å². The minimum Gasteiger partial charge on any atom is -0.494 e. The number of nitrogens with one attached hydrogen (secondary N) is 1. The monoisotopic (exact) mass is 452 g/mol. The Kier molecular flexibility index (Phi) is 7.53. The highest BCUT2D eigenvalue weighted by atomic mass is 32.2. The molecule has 168 valence electrons. The zero-order valence-corrected chi connectivity index (χ0v) is 19.2. The van der Waals surface area contributed by atoms with Crippen LogP contribution < -0.4 is 14.4 Å². The standard InChI is InChI=1S/C25H28N2O4S/c1-4-31-23-17-15-22(16-18-23)27(32(3,29)30)19(2)25(28)26-24(20-11-7-5-8-12-20)21-13-9-6-10-14-21/h5-19,24H,4H2,1-3H3,(H,26,28)/t19-/m1/s1. The first-order valence-electron chi connectivity index (χ1n) is 10.4. The molecule has 1 atom stereocenters. The molecule has 0 aromatic heterocycles. The van der Waals surface area contributed by atoms with Crippen molar-refractivity contribution in [2.24, 2.45) is 0 Å². The summed E-state index contributed by atoms with van der Waals surface area (Å²) in [6.45, 7) is 3.97. The van der Waals surface area contributed by atoms with E-state index in [1.54, 1.807) is 31.2 Å². The number of carbonyl (C=O) groups is 1. The number of benzene rings is 3. The molecular formula is C25H28N2O4S. The van der Waals surface area contributed by atoms with E-state index in [0.717, 1.165) is 21.7 Å². The number of anilines is 1. The summed E-state index contributed by atoms with van der Waals surface area (Å²) < 4.78 is 31.8. The van der Waals surface area contributed by atoms with Gasteiger partial charge in [0.15, 0.2) is 0 Å². The Bertz CT molecular complexity index is 1080. The lowest BCUT2D eigenvalue weighted by molar-refractivity contribution is -0.122. The minimum absolute atomic E-state index is 0.398. The quantitative estimate of drug-likeness (QED) is 0.529. The van der Waals surface area contributed by atoms with Gasteiger partial charge in [0.25, 0.3) is 0 Å². The van der Waals surface area contributed by atoms with Gasteiger partial charge < -0.3 is 10.1 Å². The van der Waals surface area contributed by atoms with Crippen LogP contribution in [-0.2, 0) is 14.8 Å². The molecule has 0 aliphatic carbocycles. The first kappa shape index (κ1) is 23.3. The summed E-state index contributed by atoms with van der Waals surface area (Å²) in [5, 5.41) is 3.03. The van der Waals surface area contributed by atoms with Crippen molar-refractivity contribution in [1.29, 1.82) is 0 Å². The number of ether oxygens (including phenoxy) is 1. The average Bonchev–Trinajstić information content (AvgIpc) is 2.79. The maximum absolute atomic E-state index is 13.3. The Balaban J connectivity index is 1.90. The zero-order valence-electron chi connectivity index (χ0n) is 18.4. The number of nitrogens with zero attached hydrogens (tertiary/aromatic N) is 1. The van der Waals surface area contributed by atoms with Crippen molar-refractivity contribution in [1.82, 2.24) is 5.32 Å². The van der Waals surface area contributed by atoms with E-state index in [1.807, 2.05) is 67.6 Å². The van der Waals surface area contributed by atoms with Crippen LogP contribution in [0.15, 0.2) is 84.9 Å². The Morgan fingerprint density at radius 3 is 1.84 bits per heavy atom. The van der Waals surface area contributed by atoms with Crippen LogP contribution in [0.1, 0.15) is 31.0 Å². The highest BCUT2D eigenvalue weighted by molar-refractivity contribution is 7.92. The number of amides is 1. The fraction of sp³-hybridized carbons (Fsp3) is 0.240. The molecule has 0 aliphatic heterocycles. The normalized spacial score (nSPS) is 12.2.